The van der Waals surface area contributed by atoms with Crippen LogP contribution in [0.4, 0.5) is 0 Å². The van der Waals surface area contributed by atoms with E-state index in [2.05, 4.69) is 9.97 Å². The Morgan fingerprint density at radius 1 is 1.44 bits per heavy atom. The van der Waals surface area contributed by atoms with E-state index in [1.54, 1.807) is 13.3 Å². The van der Waals surface area contributed by atoms with Crippen molar-refractivity contribution in [3.63, 3.8) is 0 Å². The first-order valence-corrected chi connectivity index (χ1v) is 5.70. The molecule has 7 heteroatoms. The fourth-order valence-corrected chi connectivity index (χ4v) is 1.27. The summed E-state index contributed by atoms with van der Waals surface area (Å²) in [4.78, 5) is 18.2. The third-order valence-corrected chi connectivity index (χ3v) is 2.20. The molecule has 0 bridgehead atoms. The summed E-state index contributed by atoms with van der Waals surface area (Å²) in [5.74, 6) is -0.444. The number of aromatic amines is 1. The van der Waals surface area contributed by atoms with Crippen LogP contribution in [0.1, 0.15) is 5.69 Å². The van der Waals surface area contributed by atoms with Gasteiger partial charge in [-0.2, -0.15) is 0 Å². The first-order valence-electron chi connectivity index (χ1n) is 5.70. The van der Waals surface area contributed by atoms with Crippen LogP contribution in [-0.4, -0.2) is 55.5 Å². The molecule has 1 aromatic heterocycles. The predicted octanol–water partition coefficient (Wildman–Crippen LogP) is -0.514. The Morgan fingerprint density at radius 2 is 2.22 bits per heavy atom. The lowest BCUT2D eigenvalue weighted by Gasteiger charge is -2.10. The van der Waals surface area contributed by atoms with Crippen LogP contribution in [0.15, 0.2) is 12.5 Å². The van der Waals surface area contributed by atoms with Gasteiger partial charge in [0.1, 0.15) is 12.6 Å². The minimum atomic E-state index is -0.690. The van der Waals surface area contributed by atoms with Crippen LogP contribution in [-0.2, 0) is 25.4 Å². The second-order valence-corrected chi connectivity index (χ2v) is 3.66. The number of aromatic nitrogens is 2. The minimum absolute atomic E-state index is 0.194. The Bertz CT molecular complexity index is 329. The summed E-state index contributed by atoms with van der Waals surface area (Å²) in [6.07, 6.45) is 3.54. The van der Waals surface area contributed by atoms with Crippen molar-refractivity contribution >= 4 is 5.97 Å². The number of methoxy groups -OCH3 is 1. The van der Waals surface area contributed by atoms with Gasteiger partial charge in [-0.05, 0) is 0 Å². The molecule has 1 heterocycles. The molecule has 102 valence electrons. The van der Waals surface area contributed by atoms with Gasteiger partial charge >= 0.3 is 5.97 Å². The average Bonchev–Trinajstić information content (AvgIpc) is 2.86. The zero-order valence-corrected chi connectivity index (χ0v) is 10.4. The molecule has 3 N–H and O–H groups in total. The molecule has 18 heavy (non-hydrogen) atoms. The molecular formula is C11H19N3O4. The van der Waals surface area contributed by atoms with E-state index >= 15 is 0 Å². The number of ether oxygens (including phenoxy) is 3. The summed E-state index contributed by atoms with van der Waals surface area (Å²) in [6.45, 7) is 1.53. The Balaban J connectivity index is 2.08. The topological polar surface area (TPSA) is 99.5 Å². The molecule has 0 radical (unpaired) electrons. The lowest BCUT2D eigenvalue weighted by Crippen LogP contribution is -2.35. The maximum absolute atomic E-state index is 11.5. The smallest absolute Gasteiger partial charge is 0.323 e. The number of carbonyl (C=O) groups excluding carboxylic acids is 1. The molecule has 7 nitrogen and oxygen atoms in total. The molecule has 0 fully saturated rings. The van der Waals surface area contributed by atoms with E-state index in [1.807, 2.05) is 0 Å². The molecule has 1 atom stereocenters. The zero-order valence-electron chi connectivity index (χ0n) is 10.4. The SMILES string of the molecule is COCCOCCOC(=O)C(N)Cc1cnc[nH]1. The number of rotatable bonds is 9. The number of H-pyrrole nitrogens is 1. The summed E-state index contributed by atoms with van der Waals surface area (Å²) < 4.78 is 14.9. The van der Waals surface area contributed by atoms with Gasteiger partial charge in [-0.3, -0.25) is 4.79 Å². The van der Waals surface area contributed by atoms with Gasteiger partial charge in [-0.15, -0.1) is 0 Å². The van der Waals surface area contributed by atoms with Crippen LogP contribution in [0.25, 0.3) is 0 Å². The molecule has 0 saturated heterocycles. The maximum Gasteiger partial charge on any atom is 0.323 e. The van der Waals surface area contributed by atoms with Crippen LogP contribution in [0.3, 0.4) is 0 Å². The standard InChI is InChI=1S/C11H19N3O4/c1-16-2-3-17-4-5-18-11(15)10(12)6-9-7-13-8-14-9/h7-8,10H,2-6,12H2,1H3,(H,13,14). The average molecular weight is 257 g/mol. The lowest BCUT2D eigenvalue weighted by molar-refractivity contribution is -0.146. The van der Waals surface area contributed by atoms with Crippen LogP contribution in [0.5, 0.6) is 0 Å². The van der Waals surface area contributed by atoms with Crippen molar-refractivity contribution in [2.45, 2.75) is 12.5 Å². The van der Waals surface area contributed by atoms with Gasteiger partial charge in [0.15, 0.2) is 0 Å². The molecule has 0 aliphatic heterocycles. The summed E-state index contributed by atoms with van der Waals surface area (Å²) in [5, 5.41) is 0. The van der Waals surface area contributed by atoms with Crippen molar-refractivity contribution in [3.05, 3.63) is 18.2 Å². The van der Waals surface area contributed by atoms with Gasteiger partial charge in [0.05, 0.1) is 26.1 Å². The van der Waals surface area contributed by atoms with Crippen molar-refractivity contribution in [1.82, 2.24) is 9.97 Å². The van der Waals surface area contributed by atoms with Crippen LogP contribution >= 0.6 is 0 Å². The Hall–Kier alpha value is -1.44. The normalized spacial score (nSPS) is 12.3. The van der Waals surface area contributed by atoms with E-state index in [9.17, 15) is 4.79 Å². The number of hydrogen-bond donors (Lipinski definition) is 2. The van der Waals surface area contributed by atoms with Gasteiger partial charge < -0.3 is 24.9 Å². The Labute approximate surface area is 106 Å². The van der Waals surface area contributed by atoms with E-state index in [1.165, 1.54) is 6.33 Å². The molecule has 0 aromatic carbocycles. The van der Waals surface area contributed by atoms with Crippen molar-refractivity contribution in [2.75, 3.05) is 33.5 Å². The van der Waals surface area contributed by atoms with E-state index in [-0.39, 0.29) is 6.61 Å². The lowest BCUT2D eigenvalue weighted by atomic mass is 10.2. The maximum atomic E-state index is 11.5. The molecule has 1 aromatic rings. The largest absolute Gasteiger partial charge is 0.462 e. The fourth-order valence-electron chi connectivity index (χ4n) is 1.27. The summed E-state index contributed by atoms with van der Waals surface area (Å²) in [6, 6.07) is -0.690. The summed E-state index contributed by atoms with van der Waals surface area (Å²) >= 11 is 0. The van der Waals surface area contributed by atoms with Crippen molar-refractivity contribution in [1.29, 1.82) is 0 Å². The molecule has 1 unspecified atom stereocenters. The monoisotopic (exact) mass is 257 g/mol. The van der Waals surface area contributed by atoms with Gasteiger partial charge in [-0.25, -0.2) is 4.98 Å². The van der Waals surface area contributed by atoms with Crippen LogP contribution < -0.4 is 5.73 Å². The van der Waals surface area contributed by atoms with E-state index < -0.39 is 12.0 Å². The number of esters is 1. The highest BCUT2D eigenvalue weighted by atomic mass is 16.6. The minimum Gasteiger partial charge on any atom is -0.462 e. The highest BCUT2D eigenvalue weighted by molar-refractivity contribution is 5.75. The number of imidazole rings is 1. The number of nitrogens with two attached hydrogens (primary N) is 1. The third-order valence-electron chi connectivity index (χ3n) is 2.20. The number of hydrogen-bond acceptors (Lipinski definition) is 6. The van der Waals surface area contributed by atoms with Crippen LogP contribution in [0.2, 0.25) is 0 Å². The Kier molecular flexibility index (Phi) is 7.00. The molecule has 0 saturated carbocycles. The number of carbonyl (C=O) groups is 1. The van der Waals surface area contributed by atoms with Crippen LogP contribution in [0, 0.1) is 0 Å². The Morgan fingerprint density at radius 3 is 2.89 bits per heavy atom. The van der Waals surface area contributed by atoms with Crippen molar-refractivity contribution in [3.8, 4) is 0 Å². The second-order valence-electron chi connectivity index (χ2n) is 3.66. The molecule has 0 aliphatic carbocycles. The fraction of sp³-hybridized carbons (Fsp3) is 0.636. The second kappa shape index (κ2) is 8.62. The molecule has 0 aliphatic rings. The summed E-state index contributed by atoms with van der Waals surface area (Å²) in [5.41, 5.74) is 6.49. The molecular weight excluding hydrogens is 238 g/mol. The first kappa shape index (κ1) is 14.6. The van der Waals surface area contributed by atoms with Gasteiger partial charge in [-0.1, -0.05) is 0 Å². The number of nitrogens with one attached hydrogen (secondary N) is 1. The van der Waals surface area contributed by atoms with E-state index in [4.69, 9.17) is 19.9 Å². The molecule has 0 spiro atoms. The predicted molar refractivity (Wildman–Crippen MR) is 63.9 cm³/mol. The third kappa shape index (κ3) is 5.76. The van der Waals surface area contributed by atoms with Gasteiger partial charge in [0, 0.05) is 25.4 Å². The van der Waals surface area contributed by atoms with E-state index in [0.717, 1.165) is 5.69 Å². The quantitative estimate of drug-likeness (QED) is 0.456. The highest BCUT2D eigenvalue weighted by Crippen LogP contribution is 1.98. The van der Waals surface area contributed by atoms with E-state index in [0.29, 0.717) is 26.2 Å². The first-order chi connectivity index (χ1) is 8.74. The van der Waals surface area contributed by atoms with Gasteiger partial charge in [0.2, 0.25) is 0 Å². The molecule has 1 rings (SSSR count). The van der Waals surface area contributed by atoms with Crippen molar-refractivity contribution in [2.24, 2.45) is 5.73 Å². The summed E-state index contributed by atoms with van der Waals surface area (Å²) in [7, 11) is 1.60. The van der Waals surface area contributed by atoms with Crippen molar-refractivity contribution < 1.29 is 19.0 Å². The zero-order chi connectivity index (χ0) is 13.2. The highest BCUT2D eigenvalue weighted by Gasteiger charge is 2.16. The number of nitrogens with zero attached hydrogens (tertiary/aromatic N) is 1. The van der Waals surface area contributed by atoms with Gasteiger partial charge in [0.25, 0.3) is 0 Å². The molecule has 0 amide bonds.